The molecule has 6 fully saturated rings. The summed E-state index contributed by atoms with van der Waals surface area (Å²) in [5.41, 5.74) is -9.18. The van der Waals surface area contributed by atoms with Gasteiger partial charge in [-0.15, -0.1) is 0 Å². The van der Waals surface area contributed by atoms with Crippen molar-refractivity contribution in [2.45, 2.75) is 429 Å². The summed E-state index contributed by atoms with van der Waals surface area (Å²) in [5, 5.41) is 121. The zero-order valence-electron chi connectivity index (χ0n) is 80.9. The Bertz CT molecular complexity index is 3370. The highest BCUT2D eigenvalue weighted by molar-refractivity contribution is 5.77. The number of hydrogen-bond acceptors (Lipinski definition) is 28. The lowest BCUT2D eigenvalue weighted by atomic mass is 9.77. The number of nitrogens with one attached hydrogen (secondary N) is 1. The van der Waals surface area contributed by atoms with E-state index in [9.17, 15) is 65.4 Å². The molecular weight excluding hydrogens is 1610 g/mol. The van der Waals surface area contributed by atoms with E-state index in [0.717, 1.165) is 32.1 Å². The number of amides is 1. The lowest BCUT2D eigenvalue weighted by molar-refractivity contribution is -0.318. The van der Waals surface area contributed by atoms with E-state index in [0.29, 0.717) is 32.2 Å². The van der Waals surface area contributed by atoms with Gasteiger partial charge in [0, 0.05) is 70.0 Å². The largest absolute Gasteiger partial charge is 0.459 e. The number of carbonyl (C=O) groups is 3. The normalized spacial score (nSPS) is 43.3. The maximum Gasteiger partial charge on any atom is 0.311 e. The van der Waals surface area contributed by atoms with Crippen molar-refractivity contribution in [3.8, 4) is 0 Å². The van der Waals surface area contributed by atoms with Crippen LogP contribution in [0, 0.1) is 35.5 Å². The molecule has 125 heavy (non-hydrogen) atoms. The molecule has 0 aromatic carbocycles. The van der Waals surface area contributed by atoms with E-state index in [-0.39, 0.29) is 87.6 Å². The summed E-state index contributed by atoms with van der Waals surface area (Å²) >= 11 is 0. The van der Waals surface area contributed by atoms with Gasteiger partial charge in [-0.1, -0.05) is 121 Å². The first-order chi connectivity index (χ1) is 58.4. The fourth-order valence-corrected chi connectivity index (χ4v) is 19.2. The van der Waals surface area contributed by atoms with Gasteiger partial charge in [0.15, 0.2) is 25.2 Å². The molecule has 1 amide bonds. The third-order valence-corrected chi connectivity index (χ3v) is 27.1. The highest BCUT2D eigenvalue weighted by atomic mass is 16.7. The molecule has 6 rings (SSSR count). The smallest absolute Gasteiger partial charge is 0.311 e. The maximum absolute atomic E-state index is 14.6. The van der Waals surface area contributed by atoms with Crippen molar-refractivity contribution < 1.29 is 122 Å². The molecule has 36 atom stereocenters. The molecule has 0 aromatic heterocycles. The average Bonchev–Trinajstić information content (AvgIpc) is 1.03. The third kappa shape index (κ3) is 31.0. The van der Waals surface area contributed by atoms with E-state index >= 15 is 0 Å². The summed E-state index contributed by atoms with van der Waals surface area (Å²) < 4.78 is 75.4. The van der Waals surface area contributed by atoms with Gasteiger partial charge in [-0.3, -0.25) is 14.4 Å². The highest BCUT2D eigenvalue weighted by Gasteiger charge is 2.57. The maximum atomic E-state index is 14.6. The van der Waals surface area contributed by atoms with Crippen LogP contribution >= 0.6 is 0 Å². The first kappa shape index (κ1) is 111. The van der Waals surface area contributed by atoms with Gasteiger partial charge >= 0.3 is 11.9 Å². The van der Waals surface area contributed by atoms with Gasteiger partial charge in [-0.2, -0.15) is 0 Å². The van der Waals surface area contributed by atoms with E-state index in [1.165, 1.54) is 28.1 Å². The van der Waals surface area contributed by atoms with Crippen molar-refractivity contribution in [1.82, 2.24) is 20.0 Å². The molecule has 6 aliphatic rings. The summed E-state index contributed by atoms with van der Waals surface area (Å²) in [7, 11) is 10.5. The fraction of sp³-hybridized carbons (Fsp3) is 0.844. The molecule has 6 aliphatic heterocycles. The predicted octanol–water partition coefficient (Wildman–Crippen LogP) is 9.83. The molecule has 0 bridgehead atoms. The zero-order chi connectivity index (χ0) is 94.2. The number of likely N-dealkylation sites (N-methyl/N-ethyl adjacent to an activating group) is 2. The van der Waals surface area contributed by atoms with Gasteiger partial charge in [0.1, 0.15) is 60.0 Å². The molecular formula is C96H170N4O25. The van der Waals surface area contributed by atoms with Gasteiger partial charge in [0.25, 0.3) is 0 Å². The van der Waals surface area contributed by atoms with Crippen molar-refractivity contribution in [2.75, 3.05) is 55.5 Å². The number of hydrogen-bond donors (Lipinski definition) is 11. The second-order valence-electron chi connectivity index (χ2n) is 38.9. The third-order valence-electron chi connectivity index (χ3n) is 27.1. The van der Waals surface area contributed by atoms with Crippen molar-refractivity contribution >= 4 is 17.8 Å². The summed E-state index contributed by atoms with van der Waals surface area (Å²) in [6.07, 6.45) is 13.7. The van der Waals surface area contributed by atoms with Crippen LogP contribution in [0.2, 0.25) is 0 Å². The number of nitrogens with zero attached hydrogens (tertiary/aromatic N) is 3. The minimum atomic E-state index is -2.02. The minimum absolute atomic E-state index is 0.0572. The van der Waals surface area contributed by atoms with Crippen LogP contribution < -0.4 is 5.32 Å². The number of methoxy groups -OCH3 is 2. The van der Waals surface area contributed by atoms with Crippen molar-refractivity contribution in [1.29, 1.82) is 0 Å². The van der Waals surface area contributed by atoms with Crippen molar-refractivity contribution in [2.24, 2.45) is 35.5 Å². The Morgan fingerprint density at radius 3 is 1.21 bits per heavy atom. The lowest BCUT2D eigenvalue weighted by Gasteiger charge is -2.48. The van der Waals surface area contributed by atoms with E-state index < -0.39 is 198 Å². The Morgan fingerprint density at radius 2 is 0.848 bits per heavy atom. The van der Waals surface area contributed by atoms with Gasteiger partial charge in [-0.25, -0.2) is 0 Å². The van der Waals surface area contributed by atoms with Crippen LogP contribution in [0.25, 0.3) is 0 Å². The number of allylic oxidation sites excluding steroid dienone is 12. The Morgan fingerprint density at radius 1 is 0.488 bits per heavy atom. The van der Waals surface area contributed by atoms with Crippen molar-refractivity contribution in [3.63, 3.8) is 0 Å². The quantitative estimate of drug-likeness (QED) is 0.0256. The van der Waals surface area contributed by atoms with E-state index in [1.54, 1.807) is 94.9 Å². The summed E-state index contributed by atoms with van der Waals surface area (Å²) in [5.74, 6) is -5.97. The molecule has 11 N–H and O–H groups in total. The second kappa shape index (κ2) is 50.7. The molecule has 6 saturated heterocycles. The van der Waals surface area contributed by atoms with Crippen LogP contribution in [-0.2, 0) is 71.2 Å². The molecule has 6 heterocycles. The molecule has 0 aromatic rings. The van der Waals surface area contributed by atoms with Crippen LogP contribution in [0.1, 0.15) is 248 Å². The molecule has 0 radical (unpaired) electrons. The van der Waals surface area contributed by atoms with Crippen LogP contribution in [-0.4, -0.2) is 320 Å². The number of cyclic esters (lactones) is 2. The summed E-state index contributed by atoms with van der Waals surface area (Å²) in [6.45, 7) is 37.2. The van der Waals surface area contributed by atoms with Gasteiger partial charge in [0.2, 0.25) is 5.91 Å². The minimum Gasteiger partial charge on any atom is -0.459 e. The van der Waals surface area contributed by atoms with E-state index in [1.807, 2.05) is 84.8 Å². The Balaban J connectivity index is 0.000000474. The number of ether oxygens (including phenoxy) is 12. The number of esters is 2. The van der Waals surface area contributed by atoms with Crippen LogP contribution in [0.4, 0.5) is 0 Å². The number of aliphatic hydroxyl groups is 10. The molecule has 0 spiro atoms. The summed E-state index contributed by atoms with van der Waals surface area (Å²) in [4.78, 5) is 48.5. The molecule has 724 valence electrons. The monoisotopic (exact) mass is 1780 g/mol. The van der Waals surface area contributed by atoms with Gasteiger partial charge in [-0.05, 0) is 227 Å². The number of aliphatic hydroxyl groups excluding tert-OH is 6. The average molecular weight is 1780 g/mol. The molecule has 0 saturated carbocycles. The first-order valence-electron chi connectivity index (χ1n) is 46.3. The van der Waals surface area contributed by atoms with Crippen LogP contribution in [0.5, 0.6) is 0 Å². The lowest BCUT2D eigenvalue weighted by Crippen LogP contribution is -2.60. The van der Waals surface area contributed by atoms with Crippen LogP contribution in [0.3, 0.4) is 0 Å². The molecule has 29 heteroatoms. The molecule has 29 nitrogen and oxygen atoms in total. The molecule has 0 aliphatic carbocycles. The topological polar surface area (TPSA) is 386 Å². The highest BCUT2D eigenvalue weighted by Crippen LogP contribution is 2.44. The zero-order valence-corrected chi connectivity index (χ0v) is 80.9. The fourth-order valence-electron chi connectivity index (χ4n) is 19.2. The van der Waals surface area contributed by atoms with E-state index in [2.05, 4.69) is 73.0 Å². The molecule has 0 unspecified atom stereocenters. The summed E-state index contributed by atoms with van der Waals surface area (Å²) in [6, 6.07) is -2.14. The van der Waals surface area contributed by atoms with Gasteiger partial charge < -0.3 is 128 Å². The number of carbonyl (C=O) groups excluding carboxylic acids is 3. The Labute approximate surface area is 749 Å². The van der Waals surface area contributed by atoms with E-state index in [4.69, 9.17) is 56.8 Å². The number of rotatable bonds is 28. The van der Waals surface area contributed by atoms with Gasteiger partial charge in [0.05, 0.1) is 89.1 Å². The standard InChI is InChI=1S/C59H100N2O13.C37H70N2O12/c1-15-17-18-19-20-21-22-23-24-25-26-27-28-29-30-31-32-33-34-35-48(62)61-39-40(3)37-57(9,67)54(74-56-50(63)46(60(12)13)36-41(4)70-56)42(5)51(73-49-38-58(10,69-14)53(65)45(8)71-49)43(6)55(66)72-47(16-2)59(11,68)52(64)44(61)7;1-14-26-37(10,45)30(41)23(6)38-18-19(2)16-35(8,44)32(51-34-28(40)25(39(11)12)15-20(3)47-34)21(4)29(22(5)33(43)49-26)50-27-17-36(9,46-13)31(42)24(7)48-27/h17-18,20-21,23-24,26-27,29-30,32-33,40-47,49-54,56,63-65,67-68H,15-16,19,22,25,28,31,34-39H2,1-14H3;19-32,34,38,40-42,44-45H,14-18H2,1-13H3/b18-17-,21-20-,24-23-,27-26-,30-29-,33-32-;/t40-,41-,42+,43-,44-,45+,46+,47-,49+,50-,51+,52-,53+,54-,56+,57-,58-,59-;19-,20-,21+,22-,23-,24+,25+,26-,27+,28-,29+,30-,31+,32-,34+,35-,36-,37-/m11/s1. The second-order valence-corrected chi connectivity index (χ2v) is 38.9. The first-order valence-corrected chi connectivity index (χ1v) is 46.3. The Kier molecular flexibility index (Phi) is 45.2. The van der Waals surface area contributed by atoms with Crippen molar-refractivity contribution in [3.05, 3.63) is 72.9 Å². The Hall–Kier alpha value is -4.07. The van der Waals surface area contributed by atoms with Crippen LogP contribution in [0.15, 0.2) is 72.9 Å². The predicted molar refractivity (Wildman–Crippen MR) is 480 cm³/mol. The SMILES string of the molecule is CC/C=C\C/C=C\C/C=C\C/C=C\C/C=C\C/C=C\CCC(=O)N1C[C@H](C)C[C@@](C)(O)[C@H](O[C@@H]2O[C@H](C)C[C@H](N(C)C)[C@H]2O)[C@@H](C)[C@H](O[C@H]2C[C@@](C)(OC)[C@@H](O)[C@H](C)O2)[C@@H](C)C(=O)O[C@H](CC)[C@@](C)(O)[C@H](O)[C@H]1C.CC[C@H]1OC(=O)[C@H](C)[C@@H](O[C@H]2C[C@@](C)(OC)[C@@H](O)[C@H](C)O2)[C@H](C)[C@@H](O[C@@H]2O[C@H](C)C[C@H](N(C)C)[C@H]2O)[C@](C)(O)C[C@@H](C)CN[C@H](C)[C@@H](O)[C@]1(C)O.